The summed E-state index contributed by atoms with van der Waals surface area (Å²) >= 11 is 0. The second-order valence-electron chi connectivity index (χ2n) is 3.71. The van der Waals surface area contributed by atoms with Crippen LogP contribution in [-0.4, -0.2) is 0 Å². The standard InChI is InChI=1S/C12H20N2.H3N/c1-3-5-9-7-8-11(13)12(14)10(9)6-4-2;/h7-8H,3-6,13-14H2,1-2H3;1H3. The van der Waals surface area contributed by atoms with Crippen LogP contribution < -0.4 is 17.6 Å². The lowest BCUT2D eigenvalue weighted by molar-refractivity contribution is 0.864. The third kappa shape index (κ3) is 3.13. The Hall–Kier alpha value is -1.22. The van der Waals surface area contributed by atoms with E-state index in [9.17, 15) is 0 Å². The van der Waals surface area contributed by atoms with Crippen LogP contribution in [0.1, 0.15) is 37.8 Å². The van der Waals surface area contributed by atoms with Gasteiger partial charge in [-0.15, -0.1) is 0 Å². The van der Waals surface area contributed by atoms with Gasteiger partial charge in [-0.2, -0.15) is 0 Å². The summed E-state index contributed by atoms with van der Waals surface area (Å²) in [5.41, 5.74) is 15.9. The van der Waals surface area contributed by atoms with Crippen LogP contribution in [0, 0.1) is 0 Å². The minimum Gasteiger partial charge on any atom is -0.397 e. The van der Waals surface area contributed by atoms with Gasteiger partial charge in [0.1, 0.15) is 0 Å². The van der Waals surface area contributed by atoms with Gasteiger partial charge in [0.15, 0.2) is 0 Å². The molecule has 0 radical (unpaired) electrons. The Labute approximate surface area is 92.4 Å². The van der Waals surface area contributed by atoms with Crippen LogP contribution in [0.2, 0.25) is 0 Å². The summed E-state index contributed by atoms with van der Waals surface area (Å²) in [4.78, 5) is 0. The van der Waals surface area contributed by atoms with Crippen LogP contribution in [-0.2, 0) is 12.8 Å². The van der Waals surface area contributed by atoms with E-state index in [2.05, 4.69) is 19.9 Å². The minimum absolute atomic E-state index is 0. The monoisotopic (exact) mass is 209 g/mol. The lowest BCUT2D eigenvalue weighted by Gasteiger charge is -2.13. The Balaban J connectivity index is 0.00000196. The lowest BCUT2D eigenvalue weighted by atomic mass is 9.97. The van der Waals surface area contributed by atoms with Crippen LogP contribution in [0.3, 0.4) is 0 Å². The predicted molar refractivity (Wildman–Crippen MR) is 68.3 cm³/mol. The largest absolute Gasteiger partial charge is 0.397 e. The molecular weight excluding hydrogens is 186 g/mol. The molecule has 1 aromatic rings. The highest BCUT2D eigenvalue weighted by Crippen LogP contribution is 2.26. The van der Waals surface area contributed by atoms with Gasteiger partial charge in [-0.3, -0.25) is 0 Å². The summed E-state index contributed by atoms with van der Waals surface area (Å²) in [6.45, 7) is 4.35. The van der Waals surface area contributed by atoms with Crippen molar-refractivity contribution < 1.29 is 0 Å². The van der Waals surface area contributed by atoms with E-state index in [-0.39, 0.29) is 6.15 Å². The number of benzene rings is 1. The highest BCUT2D eigenvalue weighted by atomic mass is 14.7. The normalized spacial score (nSPS) is 9.73. The van der Waals surface area contributed by atoms with Crippen LogP contribution in [0.15, 0.2) is 12.1 Å². The van der Waals surface area contributed by atoms with Crippen LogP contribution in [0.4, 0.5) is 11.4 Å². The molecule has 0 aliphatic rings. The van der Waals surface area contributed by atoms with Crippen molar-refractivity contribution >= 4 is 11.4 Å². The minimum atomic E-state index is 0. The molecule has 0 heterocycles. The predicted octanol–water partition coefficient (Wildman–Crippen LogP) is 2.92. The third-order valence-corrected chi connectivity index (χ3v) is 2.51. The molecule has 15 heavy (non-hydrogen) atoms. The molecule has 0 atom stereocenters. The molecule has 86 valence electrons. The average Bonchev–Trinajstić information content (AvgIpc) is 2.18. The molecule has 7 N–H and O–H groups in total. The topological polar surface area (TPSA) is 87.0 Å². The van der Waals surface area contributed by atoms with Gasteiger partial charge in [0.25, 0.3) is 0 Å². The third-order valence-electron chi connectivity index (χ3n) is 2.51. The summed E-state index contributed by atoms with van der Waals surface area (Å²) < 4.78 is 0. The number of hydrogen-bond donors (Lipinski definition) is 3. The first-order valence-corrected chi connectivity index (χ1v) is 5.36. The molecular formula is C12H23N3. The van der Waals surface area contributed by atoms with E-state index in [1.54, 1.807) is 0 Å². The smallest absolute Gasteiger partial charge is 0.0583 e. The molecule has 1 rings (SSSR count). The zero-order valence-electron chi connectivity index (χ0n) is 9.84. The number of hydrogen-bond acceptors (Lipinski definition) is 3. The Morgan fingerprint density at radius 2 is 1.60 bits per heavy atom. The molecule has 0 amide bonds. The van der Waals surface area contributed by atoms with E-state index >= 15 is 0 Å². The van der Waals surface area contributed by atoms with Gasteiger partial charge in [0.2, 0.25) is 0 Å². The Kier molecular flexibility index (Phi) is 5.79. The van der Waals surface area contributed by atoms with Crippen molar-refractivity contribution in [2.45, 2.75) is 39.5 Å². The summed E-state index contributed by atoms with van der Waals surface area (Å²) in [6.07, 6.45) is 4.40. The number of rotatable bonds is 4. The fourth-order valence-electron chi connectivity index (χ4n) is 1.78. The quantitative estimate of drug-likeness (QED) is 0.666. The summed E-state index contributed by atoms with van der Waals surface area (Å²) in [5.74, 6) is 0. The Morgan fingerprint density at radius 3 is 2.13 bits per heavy atom. The van der Waals surface area contributed by atoms with E-state index in [0.717, 1.165) is 31.4 Å². The maximum atomic E-state index is 5.97. The molecule has 0 saturated heterocycles. The summed E-state index contributed by atoms with van der Waals surface area (Å²) in [6, 6.07) is 4.03. The number of nitrogen functional groups attached to an aromatic ring is 2. The van der Waals surface area contributed by atoms with Gasteiger partial charge in [-0.05, 0) is 30.0 Å². The van der Waals surface area contributed by atoms with Gasteiger partial charge >= 0.3 is 0 Å². The first kappa shape index (κ1) is 13.8. The van der Waals surface area contributed by atoms with Gasteiger partial charge in [0, 0.05) is 0 Å². The van der Waals surface area contributed by atoms with E-state index < -0.39 is 0 Å². The average molecular weight is 209 g/mol. The zero-order valence-corrected chi connectivity index (χ0v) is 9.84. The van der Waals surface area contributed by atoms with E-state index in [0.29, 0.717) is 5.69 Å². The number of nitrogens with two attached hydrogens (primary N) is 2. The highest BCUT2D eigenvalue weighted by molar-refractivity contribution is 5.69. The first-order valence-electron chi connectivity index (χ1n) is 5.36. The Morgan fingerprint density at radius 1 is 1.00 bits per heavy atom. The van der Waals surface area contributed by atoms with Crippen molar-refractivity contribution in [3.63, 3.8) is 0 Å². The van der Waals surface area contributed by atoms with E-state index in [1.165, 1.54) is 11.1 Å². The molecule has 0 aliphatic heterocycles. The molecule has 1 aromatic carbocycles. The van der Waals surface area contributed by atoms with Gasteiger partial charge < -0.3 is 17.6 Å². The van der Waals surface area contributed by atoms with Crippen molar-refractivity contribution in [1.29, 1.82) is 0 Å². The molecule has 3 nitrogen and oxygen atoms in total. The van der Waals surface area contributed by atoms with Gasteiger partial charge in [-0.1, -0.05) is 32.8 Å². The van der Waals surface area contributed by atoms with Crippen molar-refractivity contribution in [2.75, 3.05) is 11.5 Å². The fourth-order valence-corrected chi connectivity index (χ4v) is 1.78. The molecule has 0 aliphatic carbocycles. The van der Waals surface area contributed by atoms with Crippen molar-refractivity contribution in [1.82, 2.24) is 6.15 Å². The molecule has 0 spiro atoms. The number of aryl methyl sites for hydroxylation is 1. The maximum absolute atomic E-state index is 5.97. The maximum Gasteiger partial charge on any atom is 0.0583 e. The van der Waals surface area contributed by atoms with Crippen LogP contribution >= 0.6 is 0 Å². The summed E-state index contributed by atoms with van der Waals surface area (Å²) in [7, 11) is 0. The molecule has 0 bridgehead atoms. The highest BCUT2D eigenvalue weighted by Gasteiger charge is 2.07. The second-order valence-corrected chi connectivity index (χ2v) is 3.71. The second kappa shape index (κ2) is 6.30. The number of anilines is 2. The van der Waals surface area contributed by atoms with Crippen molar-refractivity contribution in [2.24, 2.45) is 0 Å². The summed E-state index contributed by atoms with van der Waals surface area (Å²) in [5, 5.41) is 0. The molecule has 0 unspecified atom stereocenters. The molecule has 3 heteroatoms. The first-order chi connectivity index (χ1) is 6.70. The Bertz CT molecular complexity index is 308. The van der Waals surface area contributed by atoms with Crippen LogP contribution in [0.25, 0.3) is 0 Å². The lowest BCUT2D eigenvalue weighted by Crippen LogP contribution is -2.04. The van der Waals surface area contributed by atoms with Crippen molar-refractivity contribution in [3.05, 3.63) is 23.3 Å². The van der Waals surface area contributed by atoms with Gasteiger partial charge in [-0.25, -0.2) is 0 Å². The van der Waals surface area contributed by atoms with E-state index in [4.69, 9.17) is 11.5 Å². The molecule has 0 fully saturated rings. The van der Waals surface area contributed by atoms with Crippen LogP contribution in [0.5, 0.6) is 0 Å². The molecule has 0 aromatic heterocycles. The van der Waals surface area contributed by atoms with E-state index in [1.807, 2.05) is 6.07 Å². The fraction of sp³-hybridized carbons (Fsp3) is 0.500. The SMILES string of the molecule is CCCc1ccc(N)c(N)c1CCC.N. The molecule has 0 saturated carbocycles. The van der Waals surface area contributed by atoms with Crippen molar-refractivity contribution in [3.8, 4) is 0 Å². The van der Waals surface area contributed by atoms with Gasteiger partial charge in [0.05, 0.1) is 11.4 Å². The zero-order chi connectivity index (χ0) is 10.6.